The monoisotopic (exact) mass is 613 g/mol. The summed E-state index contributed by atoms with van der Waals surface area (Å²) in [5.74, 6) is 0.785. The molecule has 5 atom stereocenters. The third kappa shape index (κ3) is 5.30. The number of nitrogens with one attached hydrogen (secondary N) is 2. The van der Waals surface area contributed by atoms with E-state index in [2.05, 4.69) is 20.5 Å². The first-order valence-electron chi connectivity index (χ1n) is 15.0. The smallest absolute Gasteiger partial charge is 0.414 e. The van der Waals surface area contributed by atoms with Crippen LogP contribution in [0.25, 0.3) is 0 Å². The number of hydrogen-bond donors (Lipinski definition) is 5. The minimum Gasteiger partial charge on any atom is -0.493 e. The summed E-state index contributed by atoms with van der Waals surface area (Å²) in [7, 11) is 5.20. The van der Waals surface area contributed by atoms with Gasteiger partial charge < -0.3 is 51.2 Å². The van der Waals surface area contributed by atoms with Crippen molar-refractivity contribution in [2.45, 2.75) is 68.2 Å². The van der Waals surface area contributed by atoms with Gasteiger partial charge in [0.25, 0.3) is 0 Å². The van der Waals surface area contributed by atoms with Gasteiger partial charge in [0.2, 0.25) is 11.8 Å². The second-order valence-corrected chi connectivity index (χ2v) is 12.1. The van der Waals surface area contributed by atoms with Crippen LogP contribution in [0.5, 0.6) is 11.5 Å². The van der Waals surface area contributed by atoms with Gasteiger partial charge in [0, 0.05) is 51.6 Å². The van der Waals surface area contributed by atoms with Gasteiger partial charge in [-0.3, -0.25) is 14.6 Å². The van der Waals surface area contributed by atoms with E-state index in [1.807, 2.05) is 19.2 Å². The molecule has 2 heterocycles. The molecular weight excluding hydrogens is 570 g/mol. The average molecular weight is 614 g/mol. The number of rotatable bonds is 11. The highest BCUT2D eigenvalue weighted by Crippen LogP contribution is 2.65. The number of likely N-dealkylation sites (tertiary alicyclic amines) is 1. The summed E-state index contributed by atoms with van der Waals surface area (Å²) >= 11 is 0. The lowest BCUT2D eigenvalue weighted by atomic mass is 9.50. The van der Waals surface area contributed by atoms with Crippen LogP contribution in [0.2, 0.25) is 0 Å². The summed E-state index contributed by atoms with van der Waals surface area (Å²) in [5, 5.41) is 17.7. The van der Waals surface area contributed by atoms with Crippen LogP contribution in [-0.4, -0.2) is 110 Å². The predicted octanol–water partition coefficient (Wildman–Crippen LogP) is -0.284. The highest BCUT2D eigenvalue weighted by atomic mass is 16.6. The molecule has 1 spiro atoms. The Morgan fingerprint density at radius 3 is 2.80 bits per heavy atom. The Hall–Kier alpha value is -4.04. The van der Waals surface area contributed by atoms with Crippen molar-refractivity contribution in [1.82, 2.24) is 20.4 Å². The molecule has 2 bridgehead atoms. The largest absolute Gasteiger partial charge is 0.493 e. The molecule has 2 aliphatic heterocycles. The Bertz CT molecular complexity index is 1380. The fourth-order valence-corrected chi connectivity index (χ4v) is 7.35. The Labute approximate surface area is 256 Å². The van der Waals surface area contributed by atoms with E-state index in [1.165, 1.54) is 11.8 Å². The van der Waals surface area contributed by atoms with E-state index in [0.29, 0.717) is 55.9 Å². The van der Waals surface area contributed by atoms with E-state index < -0.39 is 29.3 Å². The van der Waals surface area contributed by atoms with Gasteiger partial charge in [0.1, 0.15) is 11.8 Å². The highest BCUT2D eigenvalue weighted by Gasteiger charge is 2.72. The summed E-state index contributed by atoms with van der Waals surface area (Å²) in [6.07, 6.45) is 2.92. The molecule has 1 saturated heterocycles. The number of nitrogens with two attached hydrogens (primary N) is 2. The quantitative estimate of drug-likeness (QED) is 0.126. The van der Waals surface area contributed by atoms with Gasteiger partial charge in [-0.15, -0.1) is 0 Å². The number of carbonyl (C=O) groups is 3. The number of hydrogen-bond acceptors (Lipinski definition) is 9. The topological polar surface area (TPSA) is 194 Å². The van der Waals surface area contributed by atoms with E-state index in [4.69, 9.17) is 25.7 Å². The molecule has 4 aliphatic rings. The van der Waals surface area contributed by atoms with Crippen LogP contribution in [0, 0.1) is 0 Å². The molecule has 14 heteroatoms. The summed E-state index contributed by atoms with van der Waals surface area (Å²) in [6, 6.07) is 3.06. The van der Waals surface area contributed by atoms with Crippen molar-refractivity contribution in [2.24, 2.45) is 16.5 Å². The van der Waals surface area contributed by atoms with Gasteiger partial charge in [-0.2, -0.15) is 0 Å². The maximum absolute atomic E-state index is 13.3. The Morgan fingerprint density at radius 1 is 1.32 bits per heavy atom. The first-order valence-corrected chi connectivity index (χ1v) is 15.0. The molecule has 1 fully saturated rings. The molecule has 3 amide bonds. The molecule has 0 saturated carbocycles. The highest BCUT2D eigenvalue weighted by molar-refractivity contribution is 5.86. The van der Waals surface area contributed by atoms with E-state index >= 15 is 0 Å². The number of ether oxygens (including phenoxy) is 3. The van der Waals surface area contributed by atoms with E-state index in [-0.39, 0.29) is 36.9 Å². The molecule has 14 nitrogen and oxygen atoms in total. The van der Waals surface area contributed by atoms with Gasteiger partial charge >= 0.3 is 6.09 Å². The molecule has 240 valence electrons. The number of aliphatic imine (C=N–C) groups is 1. The fraction of sp³-hybridized carbons (Fsp3) is 0.600. The number of piperidine rings is 1. The van der Waals surface area contributed by atoms with Gasteiger partial charge in [-0.25, -0.2) is 4.79 Å². The molecule has 0 aromatic heterocycles. The molecule has 5 rings (SSSR count). The van der Waals surface area contributed by atoms with Crippen molar-refractivity contribution in [3.05, 3.63) is 35.1 Å². The second kappa shape index (κ2) is 12.2. The number of carbonyl (C=O) groups excluding carboxylic acids is 3. The van der Waals surface area contributed by atoms with Crippen molar-refractivity contribution in [1.29, 1.82) is 0 Å². The van der Waals surface area contributed by atoms with E-state index in [1.54, 1.807) is 20.2 Å². The Balaban J connectivity index is 1.25. The second-order valence-electron chi connectivity index (χ2n) is 12.1. The van der Waals surface area contributed by atoms with Gasteiger partial charge in [-0.05, 0) is 57.0 Å². The van der Waals surface area contributed by atoms with Crippen LogP contribution < -0.4 is 31.6 Å². The lowest BCUT2D eigenvalue weighted by molar-refractivity contribution is -0.163. The molecule has 44 heavy (non-hydrogen) atoms. The maximum Gasteiger partial charge on any atom is 0.414 e. The van der Waals surface area contributed by atoms with Crippen molar-refractivity contribution in [3.8, 4) is 11.5 Å². The summed E-state index contributed by atoms with van der Waals surface area (Å²) < 4.78 is 18.1. The predicted molar refractivity (Wildman–Crippen MR) is 161 cm³/mol. The van der Waals surface area contributed by atoms with Crippen LogP contribution in [0.1, 0.15) is 43.7 Å². The fourth-order valence-electron chi connectivity index (χ4n) is 7.35. The van der Waals surface area contributed by atoms with Crippen molar-refractivity contribution >= 4 is 23.9 Å². The summed E-state index contributed by atoms with van der Waals surface area (Å²) in [5.41, 5.74) is 10.9. The normalized spacial score (nSPS) is 26.7. The summed E-state index contributed by atoms with van der Waals surface area (Å²) in [4.78, 5) is 45.1. The molecular formula is C30H43N7O7. The number of nitrogens with zero attached hydrogens (tertiary/aromatic N) is 3. The van der Waals surface area contributed by atoms with Crippen LogP contribution in [0.4, 0.5) is 4.79 Å². The number of aliphatic hydroxyl groups is 1. The van der Waals surface area contributed by atoms with Crippen LogP contribution in [0.3, 0.4) is 0 Å². The standard InChI is InChI=1S/C30H43N7O7/c1-17(38)35-19(6-5-12-34-27(31)32)26(39)33-13-15-37(3)28(40)43-21-9-10-30(41)22-16-18-7-8-20(42-4)24-23(18)29(30,25(21)44-24)11-14-36(22)2/h7-9,19,22,25,41H,5-6,10-16H2,1-4H3,(H,33,39)(H,35,38)(H4,31,32,34)/t19-,22+,25?,29-,30?/m0/s1. The zero-order valence-corrected chi connectivity index (χ0v) is 25.7. The number of benzene rings is 1. The Kier molecular flexibility index (Phi) is 8.67. The number of amides is 3. The van der Waals surface area contributed by atoms with Gasteiger partial charge in [0.05, 0.1) is 18.1 Å². The zero-order chi connectivity index (χ0) is 31.8. The number of guanidine groups is 1. The van der Waals surface area contributed by atoms with Gasteiger partial charge in [-0.1, -0.05) is 6.07 Å². The lowest BCUT2D eigenvalue weighted by Gasteiger charge is -2.61. The Morgan fingerprint density at radius 2 is 2.09 bits per heavy atom. The molecule has 2 unspecified atom stereocenters. The molecule has 1 aromatic carbocycles. The number of likely N-dealkylation sites (N-methyl/N-ethyl adjacent to an activating group) is 2. The first kappa shape index (κ1) is 31.4. The zero-order valence-electron chi connectivity index (χ0n) is 25.7. The molecule has 2 aliphatic carbocycles. The average Bonchev–Trinajstić information content (AvgIpc) is 3.33. The van der Waals surface area contributed by atoms with Crippen LogP contribution in [0.15, 0.2) is 29.0 Å². The summed E-state index contributed by atoms with van der Waals surface area (Å²) in [6.45, 7) is 2.72. The van der Waals surface area contributed by atoms with Crippen molar-refractivity contribution < 1.29 is 33.7 Å². The van der Waals surface area contributed by atoms with Crippen LogP contribution >= 0.6 is 0 Å². The third-order valence-corrected chi connectivity index (χ3v) is 9.46. The van der Waals surface area contributed by atoms with Crippen molar-refractivity contribution in [3.63, 3.8) is 0 Å². The SMILES string of the molecule is COc1ccc2c3c1OC1C(OC(=O)N(C)CCNC(=O)[C@H](CCCN=C(N)N)NC(C)=O)=CCC4(O)[C@@H](C2)N(C)CC[C@]314. The van der Waals surface area contributed by atoms with Crippen molar-refractivity contribution in [2.75, 3.05) is 47.4 Å². The van der Waals surface area contributed by atoms with Crippen LogP contribution in [-0.2, 0) is 26.2 Å². The molecule has 1 aromatic rings. The van der Waals surface area contributed by atoms with E-state index in [9.17, 15) is 19.5 Å². The molecule has 7 N–H and O–H groups in total. The lowest BCUT2D eigenvalue weighted by Crippen LogP contribution is -2.74. The minimum absolute atomic E-state index is 0.0393. The minimum atomic E-state index is -1.10. The number of methoxy groups -OCH3 is 1. The third-order valence-electron chi connectivity index (χ3n) is 9.46. The van der Waals surface area contributed by atoms with Gasteiger partial charge in [0.15, 0.2) is 23.6 Å². The first-order chi connectivity index (χ1) is 20.9. The molecule has 0 radical (unpaired) electrons. The maximum atomic E-state index is 13.3. The van der Waals surface area contributed by atoms with E-state index in [0.717, 1.165) is 17.7 Å².